The molecule has 4 heteroatoms. The van der Waals surface area contributed by atoms with Crippen LogP contribution in [-0.4, -0.2) is 12.0 Å². The third-order valence-corrected chi connectivity index (χ3v) is 3.88. The number of Topliss-reactive ketones (excluding diaryl/α,β-unsaturated/α-hetero) is 1. The van der Waals surface area contributed by atoms with Gasteiger partial charge in [0.15, 0.2) is 0 Å². The van der Waals surface area contributed by atoms with Crippen molar-refractivity contribution in [2.45, 2.75) is 26.7 Å². The molecular weight excluding hydrogens is 320 g/mol. The second-order valence-electron chi connectivity index (χ2n) is 5.60. The molecule has 0 fully saturated rings. The number of halogens is 1. The molecule has 24 heavy (non-hydrogen) atoms. The van der Waals surface area contributed by atoms with E-state index in [1.54, 1.807) is 18.3 Å². The van der Waals surface area contributed by atoms with Gasteiger partial charge in [-0.2, -0.15) is 0 Å². The fraction of sp³-hybridized carbons (Fsp3) is 0.200. The molecular formula is C20H21ClN2O. The number of nitrogens with two attached hydrogens (primary N) is 1. The lowest BCUT2D eigenvalue weighted by atomic mass is 10.0. The van der Waals surface area contributed by atoms with Crippen LogP contribution in [0.4, 0.5) is 5.69 Å². The van der Waals surface area contributed by atoms with Gasteiger partial charge in [0.25, 0.3) is 0 Å². The van der Waals surface area contributed by atoms with E-state index in [4.69, 9.17) is 17.3 Å². The minimum Gasteiger partial charge on any atom is -0.401 e. The van der Waals surface area contributed by atoms with Gasteiger partial charge in [0.1, 0.15) is 5.78 Å². The van der Waals surface area contributed by atoms with E-state index in [1.807, 2.05) is 24.3 Å². The predicted octanol–water partition coefficient (Wildman–Crippen LogP) is 4.95. The average Bonchev–Trinajstić information content (AvgIpc) is 2.56. The van der Waals surface area contributed by atoms with Crippen molar-refractivity contribution in [3.63, 3.8) is 0 Å². The predicted molar refractivity (Wildman–Crippen MR) is 102 cm³/mol. The first-order valence-electron chi connectivity index (χ1n) is 7.86. The van der Waals surface area contributed by atoms with Gasteiger partial charge >= 0.3 is 0 Å². The number of hydrogen-bond donors (Lipinski definition) is 1. The number of ketones is 1. The summed E-state index contributed by atoms with van der Waals surface area (Å²) in [4.78, 5) is 15.9. The molecule has 2 aromatic carbocycles. The average molecular weight is 341 g/mol. The highest BCUT2D eigenvalue weighted by Gasteiger charge is 2.07. The highest BCUT2D eigenvalue weighted by Crippen LogP contribution is 2.21. The molecule has 0 bridgehead atoms. The molecule has 2 N–H and O–H groups in total. The van der Waals surface area contributed by atoms with Gasteiger partial charge < -0.3 is 5.73 Å². The molecule has 0 spiro atoms. The molecule has 0 aliphatic carbocycles. The lowest BCUT2D eigenvalue weighted by molar-refractivity contribution is -0.116. The monoisotopic (exact) mass is 340 g/mol. The smallest absolute Gasteiger partial charge is 0.135 e. The van der Waals surface area contributed by atoms with Gasteiger partial charge in [0.2, 0.25) is 0 Å². The van der Waals surface area contributed by atoms with Gasteiger partial charge in [-0.15, -0.1) is 0 Å². The summed E-state index contributed by atoms with van der Waals surface area (Å²) in [6.07, 6.45) is 2.90. The summed E-state index contributed by atoms with van der Waals surface area (Å²) >= 11 is 5.95. The van der Waals surface area contributed by atoms with Crippen LogP contribution in [0.25, 0.3) is 5.57 Å². The molecule has 0 heterocycles. The van der Waals surface area contributed by atoms with E-state index >= 15 is 0 Å². The molecule has 3 nitrogen and oxygen atoms in total. The van der Waals surface area contributed by atoms with Crippen LogP contribution in [0.3, 0.4) is 0 Å². The van der Waals surface area contributed by atoms with Crippen LogP contribution in [0, 0.1) is 0 Å². The van der Waals surface area contributed by atoms with Crippen molar-refractivity contribution in [1.82, 2.24) is 0 Å². The minimum absolute atomic E-state index is 0.0136. The van der Waals surface area contributed by atoms with Crippen LogP contribution in [0.15, 0.2) is 59.2 Å². The number of carbonyl (C=O) groups excluding carboxylic acids is 1. The summed E-state index contributed by atoms with van der Waals surface area (Å²) in [6.45, 7) is 3.63. The number of nitrogens with zero attached hydrogens (tertiary/aromatic N) is 1. The van der Waals surface area contributed by atoms with Crippen molar-refractivity contribution >= 4 is 34.9 Å². The van der Waals surface area contributed by atoms with E-state index in [9.17, 15) is 4.79 Å². The zero-order chi connectivity index (χ0) is 17.5. The van der Waals surface area contributed by atoms with E-state index in [0.717, 1.165) is 23.2 Å². The summed E-state index contributed by atoms with van der Waals surface area (Å²) < 4.78 is 0. The Balaban J connectivity index is 2.36. The number of benzene rings is 2. The molecule has 124 valence electrons. The first-order valence-corrected chi connectivity index (χ1v) is 8.24. The van der Waals surface area contributed by atoms with E-state index < -0.39 is 0 Å². The normalized spacial score (nSPS) is 12.3. The summed E-state index contributed by atoms with van der Waals surface area (Å²) in [7, 11) is 0. The van der Waals surface area contributed by atoms with Crippen LogP contribution in [-0.2, 0) is 11.2 Å². The van der Waals surface area contributed by atoms with E-state index in [-0.39, 0.29) is 12.2 Å². The highest BCUT2D eigenvalue weighted by molar-refractivity contribution is 6.30. The topological polar surface area (TPSA) is 55.4 Å². The molecule has 0 saturated heterocycles. The van der Waals surface area contributed by atoms with Gasteiger partial charge in [0, 0.05) is 28.9 Å². The minimum atomic E-state index is 0.0136. The van der Waals surface area contributed by atoms with Gasteiger partial charge in [-0.25, -0.2) is 0 Å². The number of allylic oxidation sites excluding steroid dienone is 2. The fourth-order valence-corrected chi connectivity index (χ4v) is 2.42. The Hall–Kier alpha value is -2.39. The second kappa shape index (κ2) is 8.46. The van der Waals surface area contributed by atoms with Crippen LogP contribution in [0.1, 0.15) is 31.4 Å². The molecule has 2 rings (SSSR count). The van der Waals surface area contributed by atoms with E-state index in [1.165, 1.54) is 12.5 Å². The summed E-state index contributed by atoms with van der Waals surface area (Å²) in [6, 6.07) is 15.4. The lowest BCUT2D eigenvalue weighted by Crippen LogP contribution is -2.07. The molecule has 0 amide bonds. The molecule has 0 radical (unpaired) electrons. The summed E-state index contributed by atoms with van der Waals surface area (Å²) in [5.41, 5.74) is 10.4. The molecule has 0 aliphatic rings. The Kier molecular flexibility index (Phi) is 6.33. The Morgan fingerprint density at radius 3 is 2.29 bits per heavy atom. The van der Waals surface area contributed by atoms with Gasteiger partial charge in [0.05, 0.1) is 5.69 Å². The Morgan fingerprint density at radius 1 is 1.12 bits per heavy atom. The Bertz CT molecular complexity index is 759. The molecule has 0 atom stereocenters. The van der Waals surface area contributed by atoms with Gasteiger partial charge in [-0.05, 0) is 48.7 Å². The van der Waals surface area contributed by atoms with Crippen molar-refractivity contribution in [2.75, 3.05) is 0 Å². The maximum atomic E-state index is 11.4. The molecule has 0 aliphatic heterocycles. The van der Waals surface area contributed by atoms with Crippen LogP contribution < -0.4 is 5.73 Å². The molecule has 0 aromatic heterocycles. The van der Waals surface area contributed by atoms with Crippen molar-refractivity contribution < 1.29 is 4.79 Å². The van der Waals surface area contributed by atoms with Crippen LogP contribution >= 0.6 is 11.6 Å². The Morgan fingerprint density at radius 2 is 1.75 bits per heavy atom. The lowest BCUT2D eigenvalue weighted by Gasteiger charge is -2.08. The van der Waals surface area contributed by atoms with Crippen LogP contribution in [0.5, 0.6) is 0 Å². The zero-order valence-corrected chi connectivity index (χ0v) is 14.7. The number of hydrogen-bond acceptors (Lipinski definition) is 3. The maximum Gasteiger partial charge on any atom is 0.135 e. The van der Waals surface area contributed by atoms with E-state index in [0.29, 0.717) is 10.7 Å². The maximum absolute atomic E-state index is 11.4. The molecule has 0 saturated carbocycles. The first-order chi connectivity index (χ1) is 11.5. The van der Waals surface area contributed by atoms with Crippen molar-refractivity contribution in [3.8, 4) is 0 Å². The first kappa shape index (κ1) is 18.0. The van der Waals surface area contributed by atoms with Crippen LogP contribution in [0.2, 0.25) is 5.02 Å². The largest absolute Gasteiger partial charge is 0.401 e. The number of aryl methyl sites for hydroxylation is 1. The quantitative estimate of drug-likeness (QED) is 0.756. The molecule has 0 unspecified atom stereocenters. The fourth-order valence-electron chi connectivity index (χ4n) is 2.29. The summed E-state index contributed by atoms with van der Waals surface area (Å²) in [5, 5.41) is 0.648. The second-order valence-corrected chi connectivity index (χ2v) is 6.04. The number of aliphatic imine (C=N–C) groups is 1. The standard InChI is InChI=1S/C20H21ClN2O/c1-3-15-4-10-18(11-5-15)23-13-19(20(22)12-14(2)24)16-6-8-17(21)9-7-16/h4-11,13H,3,12,22H2,1-2H3. The van der Waals surface area contributed by atoms with E-state index in [2.05, 4.69) is 24.0 Å². The highest BCUT2D eigenvalue weighted by atomic mass is 35.5. The van der Waals surface area contributed by atoms with Gasteiger partial charge in [-0.3, -0.25) is 9.79 Å². The third-order valence-electron chi connectivity index (χ3n) is 3.63. The third kappa shape index (κ3) is 5.07. The Labute approximate surface area is 147 Å². The number of rotatable bonds is 6. The van der Waals surface area contributed by atoms with Crippen molar-refractivity contribution in [2.24, 2.45) is 10.7 Å². The SMILES string of the molecule is CCc1ccc(N=CC(=C(N)CC(C)=O)c2ccc(Cl)cc2)cc1. The number of carbonyl (C=O) groups is 1. The zero-order valence-electron chi connectivity index (χ0n) is 13.9. The summed E-state index contributed by atoms with van der Waals surface area (Å²) in [5.74, 6) is 0.0136. The van der Waals surface area contributed by atoms with Gasteiger partial charge in [-0.1, -0.05) is 42.8 Å². The van der Waals surface area contributed by atoms with Crippen molar-refractivity contribution in [3.05, 3.63) is 70.4 Å². The molecule has 2 aromatic rings. The van der Waals surface area contributed by atoms with Crippen molar-refractivity contribution in [1.29, 1.82) is 0 Å².